The van der Waals surface area contributed by atoms with Crippen molar-refractivity contribution in [1.82, 2.24) is 15.3 Å². The number of anilines is 2. The van der Waals surface area contributed by atoms with Crippen LogP contribution in [0, 0.1) is 0 Å². The number of nitrogens with one attached hydrogen (secondary N) is 1. The van der Waals surface area contributed by atoms with Gasteiger partial charge in [-0.3, -0.25) is 5.01 Å². The Balaban J connectivity index is 1.50. The van der Waals surface area contributed by atoms with E-state index < -0.39 is 0 Å². The average Bonchev–Trinajstić information content (AvgIpc) is 3.01. The van der Waals surface area contributed by atoms with Gasteiger partial charge in [0.2, 0.25) is 0 Å². The van der Waals surface area contributed by atoms with E-state index in [4.69, 9.17) is 12.2 Å². The molecule has 0 unspecified atom stereocenters. The summed E-state index contributed by atoms with van der Waals surface area (Å²) in [6, 6.07) is 20.7. The number of nitrogens with zero attached hydrogens (tertiary/aromatic N) is 4. The minimum Gasteiger partial charge on any atom is -0.360 e. The van der Waals surface area contributed by atoms with E-state index in [0.29, 0.717) is 6.67 Å². The lowest BCUT2D eigenvalue weighted by atomic mass is 10.3. The summed E-state index contributed by atoms with van der Waals surface area (Å²) >= 11 is 5.64. The first-order valence-corrected chi connectivity index (χ1v) is 8.88. The van der Waals surface area contributed by atoms with Gasteiger partial charge in [-0.25, -0.2) is 5.43 Å². The molecule has 0 bridgehead atoms. The van der Waals surface area contributed by atoms with Gasteiger partial charge in [-0.05, 0) is 36.5 Å². The van der Waals surface area contributed by atoms with E-state index in [2.05, 4.69) is 75.6 Å². The van der Waals surface area contributed by atoms with Gasteiger partial charge in [0.15, 0.2) is 5.11 Å². The molecule has 0 atom stereocenters. The molecule has 0 radical (unpaired) electrons. The molecule has 0 aliphatic carbocycles. The van der Waals surface area contributed by atoms with Crippen LogP contribution in [-0.4, -0.2) is 55.5 Å². The molecular weight excluding hydrogens is 330 g/mol. The van der Waals surface area contributed by atoms with Gasteiger partial charge in [-0.15, -0.1) is 0 Å². The Bertz CT molecular complexity index is 679. The summed E-state index contributed by atoms with van der Waals surface area (Å²) < 4.78 is 0. The molecule has 0 saturated carbocycles. The van der Waals surface area contributed by atoms with Crippen LogP contribution in [0.3, 0.4) is 0 Å². The van der Waals surface area contributed by atoms with Crippen LogP contribution in [0.1, 0.15) is 0 Å². The first-order valence-electron chi connectivity index (χ1n) is 8.47. The minimum atomic E-state index is 0.715. The van der Waals surface area contributed by atoms with Crippen LogP contribution in [0.15, 0.2) is 60.7 Å². The van der Waals surface area contributed by atoms with E-state index in [-0.39, 0.29) is 0 Å². The van der Waals surface area contributed by atoms with Crippen molar-refractivity contribution in [2.45, 2.75) is 0 Å². The van der Waals surface area contributed by atoms with Gasteiger partial charge in [-0.1, -0.05) is 36.4 Å². The third-order valence-corrected chi connectivity index (χ3v) is 4.85. The average molecular weight is 356 g/mol. The largest absolute Gasteiger partial charge is 0.360 e. The van der Waals surface area contributed by atoms with Crippen LogP contribution < -0.4 is 15.2 Å². The number of para-hydroxylation sites is 2. The van der Waals surface area contributed by atoms with E-state index in [9.17, 15) is 0 Å². The van der Waals surface area contributed by atoms with Gasteiger partial charge < -0.3 is 14.7 Å². The van der Waals surface area contributed by atoms with Crippen molar-refractivity contribution in [2.75, 3.05) is 50.3 Å². The van der Waals surface area contributed by atoms with E-state index in [1.165, 1.54) is 11.4 Å². The van der Waals surface area contributed by atoms with Crippen molar-refractivity contribution < 1.29 is 0 Å². The van der Waals surface area contributed by atoms with Crippen molar-refractivity contribution in [1.29, 1.82) is 0 Å². The monoisotopic (exact) mass is 355 g/mol. The Hall–Kier alpha value is -2.31. The predicted octanol–water partition coefficient (Wildman–Crippen LogP) is 2.58. The van der Waals surface area contributed by atoms with Gasteiger partial charge in [-0.2, -0.15) is 0 Å². The van der Waals surface area contributed by atoms with Crippen molar-refractivity contribution >= 4 is 28.7 Å². The van der Waals surface area contributed by atoms with E-state index >= 15 is 0 Å². The predicted molar refractivity (Wildman–Crippen MR) is 109 cm³/mol. The van der Waals surface area contributed by atoms with Crippen molar-refractivity contribution in [3.63, 3.8) is 0 Å². The van der Waals surface area contributed by atoms with Gasteiger partial charge in [0.05, 0.1) is 19.9 Å². The molecule has 0 aromatic heterocycles. The van der Waals surface area contributed by atoms with Gasteiger partial charge >= 0.3 is 0 Å². The van der Waals surface area contributed by atoms with Crippen molar-refractivity contribution in [3.05, 3.63) is 60.7 Å². The Kier molecular flexibility index (Phi) is 5.73. The first kappa shape index (κ1) is 17.5. The summed E-state index contributed by atoms with van der Waals surface area (Å²) in [5, 5.41) is 2.91. The van der Waals surface area contributed by atoms with Crippen molar-refractivity contribution in [2.24, 2.45) is 0 Å². The fourth-order valence-electron chi connectivity index (χ4n) is 2.85. The molecule has 1 saturated heterocycles. The third kappa shape index (κ3) is 4.41. The minimum absolute atomic E-state index is 0.715. The smallest absolute Gasteiger partial charge is 0.187 e. The molecule has 132 valence electrons. The third-order valence-electron chi connectivity index (χ3n) is 4.37. The molecule has 2 aromatic rings. The second-order valence-electron chi connectivity index (χ2n) is 6.22. The zero-order valence-corrected chi connectivity index (χ0v) is 15.6. The SMILES string of the molecule is CN(CNN1CCN(CN(C)c2ccccc2)C1=S)c1ccccc1. The lowest BCUT2D eigenvalue weighted by molar-refractivity contribution is 0.344. The summed E-state index contributed by atoms with van der Waals surface area (Å²) in [6.45, 7) is 3.32. The zero-order valence-electron chi connectivity index (χ0n) is 14.8. The fourth-order valence-corrected chi connectivity index (χ4v) is 3.15. The molecule has 25 heavy (non-hydrogen) atoms. The second-order valence-corrected chi connectivity index (χ2v) is 6.59. The maximum absolute atomic E-state index is 5.64. The molecular formula is C19H25N5S. The standard InChI is InChI=1S/C19H25N5S/c1-21(17-9-5-3-6-10-17)15-20-24-14-13-23(19(24)25)16-22(2)18-11-7-4-8-12-18/h3-12,20H,13-16H2,1-2H3. The van der Waals surface area contributed by atoms with Crippen LogP contribution in [0.25, 0.3) is 0 Å². The number of thiocarbonyl (C=S) groups is 1. The molecule has 3 rings (SSSR count). The van der Waals surface area contributed by atoms with Gasteiger partial charge in [0, 0.05) is 32.0 Å². The summed E-state index contributed by atoms with van der Waals surface area (Å²) in [5.41, 5.74) is 5.81. The lowest BCUT2D eigenvalue weighted by Crippen LogP contribution is -2.47. The van der Waals surface area contributed by atoms with Gasteiger partial charge in [0.25, 0.3) is 0 Å². The van der Waals surface area contributed by atoms with Crippen LogP contribution >= 0.6 is 12.2 Å². The number of hydrogen-bond donors (Lipinski definition) is 1. The van der Waals surface area contributed by atoms with Crippen LogP contribution in [-0.2, 0) is 0 Å². The molecule has 1 fully saturated rings. The van der Waals surface area contributed by atoms with E-state index in [1.807, 2.05) is 24.3 Å². The fraction of sp³-hybridized carbons (Fsp3) is 0.316. The second kappa shape index (κ2) is 8.18. The van der Waals surface area contributed by atoms with Crippen LogP contribution in [0.5, 0.6) is 0 Å². The molecule has 1 N–H and O–H groups in total. The Morgan fingerprint density at radius 2 is 1.44 bits per heavy atom. The number of benzene rings is 2. The van der Waals surface area contributed by atoms with Crippen molar-refractivity contribution in [3.8, 4) is 0 Å². The topological polar surface area (TPSA) is 25.0 Å². The zero-order chi connectivity index (χ0) is 17.6. The number of hydrazine groups is 1. The Labute approximate surface area is 155 Å². The summed E-state index contributed by atoms with van der Waals surface area (Å²) in [7, 11) is 4.17. The molecule has 6 heteroatoms. The molecule has 1 heterocycles. The number of rotatable bonds is 7. The quantitative estimate of drug-likeness (QED) is 0.606. The summed E-state index contributed by atoms with van der Waals surface area (Å²) in [4.78, 5) is 6.60. The molecule has 1 aliphatic heterocycles. The van der Waals surface area contributed by atoms with Crippen LogP contribution in [0.4, 0.5) is 11.4 Å². The summed E-state index contributed by atoms with van der Waals surface area (Å²) in [5.74, 6) is 0. The Morgan fingerprint density at radius 3 is 2.04 bits per heavy atom. The van der Waals surface area contributed by atoms with E-state index in [1.54, 1.807) is 0 Å². The maximum Gasteiger partial charge on any atom is 0.187 e. The molecule has 5 nitrogen and oxygen atoms in total. The molecule has 1 aliphatic rings. The first-order chi connectivity index (χ1) is 12.1. The highest BCUT2D eigenvalue weighted by Gasteiger charge is 2.25. The summed E-state index contributed by atoms with van der Waals surface area (Å²) in [6.07, 6.45) is 0. The molecule has 2 aromatic carbocycles. The highest BCUT2D eigenvalue weighted by atomic mass is 32.1. The highest BCUT2D eigenvalue weighted by molar-refractivity contribution is 7.80. The highest BCUT2D eigenvalue weighted by Crippen LogP contribution is 2.15. The molecule has 0 spiro atoms. The maximum atomic E-state index is 5.64. The van der Waals surface area contributed by atoms with Gasteiger partial charge in [0.1, 0.15) is 0 Å². The van der Waals surface area contributed by atoms with Crippen LogP contribution in [0.2, 0.25) is 0 Å². The Morgan fingerprint density at radius 1 is 0.880 bits per heavy atom. The lowest BCUT2D eigenvalue weighted by Gasteiger charge is -2.29. The normalized spacial score (nSPS) is 14.1. The molecule has 0 amide bonds. The number of hydrogen-bond acceptors (Lipinski definition) is 4. The van der Waals surface area contributed by atoms with E-state index in [0.717, 1.165) is 24.9 Å².